The summed E-state index contributed by atoms with van der Waals surface area (Å²) in [6.45, 7) is 3.75. The standard InChI is InChI=1S/C21H20ClFN2O/c1-13(16-8-7-15-5-3-4-6-17(15)11-16)24-14(2)21(26)25-20-10-9-18(22)12-19(20)23/h3-14,24H,1-2H3,(H,25,26)/t13-,14-/m0/s1. The van der Waals surface area contributed by atoms with E-state index < -0.39 is 11.9 Å². The van der Waals surface area contributed by atoms with Crippen molar-refractivity contribution >= 4 is 34.0 Å². The SMILES string of the molecule is C[C@H](N[C@@H](C)c1ccc2ccccc2c1)C(=O)Nc1ccc(Cl)cc1F. The highest BCUT2D eigenvalue weighted by atomic mass is 35.5. The number of amides is 1. The van der Waals surface area contributed by atoms with Crippen LogP contribution in [0.5, 0.6) is 0 Å². The Bertz CT molecular complexity index is 944. The molecule has 3 nitrogen and oxygen atoms in total. The highest BCUT2D eigenvalue weighted by Crippen LogP contribution is 2.21. The van der Waals surface area contributed by atoms with Crippen molar-refractivity contribution in [3.8, 4) is 0 Å². The molecule has 3 aromatic rings. The van der Waals surface area contributed by atoms with E-state index in [0.29, 0.717) is 0 Å². The third-order valence-electron chi connectivity index (χ3n) is 4.36. The Morgan fingerprint density at radius 1 is 1.00 bits per heavy atom. The van der Waals surface area contributed by atoms with Gasteiger partial charge in [0.1, 0.15) is 5.82 Å². The van der Waals surface area contributed by atoms with Crippen LogP contribution in [0, 0.1) is 5.82 Å². The first-order valence-corrected chi connectivity index (χ1v) is 8.82. The second-order valence-electron chi connectivity index (χ2n) is 6.33. The number of hydrogen-bond donors (Lipinski definition) is 2. The predicted molar refractivity (Wildman–Crippen MR) is 105 cm³/mol. The normalized spacial score (nSPS) is 13.4. The minimum absolute atomic E-state index is 0.0320. The van der Waals surface area contributed by atoms with Crippen LogP contribution in [0.2, 0.25) is 5.02 Å². The molecule has 0 aliphatic rings. The van der Waals surface area contributed by atoms with Crippen molar-refractivity contribution in [3.05, 3.63) is 77.1 Å². The second-order valence-corrected chi connectivity index (χ2v) is 6.77. The predicted octanol–water partition coefficient (Wildman–Crippen LogP) is 5.31. The van der Waals surface area contributed by atoms with E-state index in [9.17, 15) is 9.18 Å². The van der Waals surface area contributed by atoms with Crippen molar-refractivity contribution in [2.24, 2.45) is 0 Å². The summed E-state index contributed by atoms with van der Waals surface area (Å²) >= 11 is 5.73. The molecule has 0 saturated carbocycles. The minimum atomic E-state index is -0.555. The summed E-state index contributed by atoms with van der Waals surface area (Å²) in [7, 11) is 0. The average molecular weight is 371 g/mol. The van der Waals surface area contributed by atoms with Gasteiger partial charge in [-0.25, -0.2) is 4.39 Å². The van der Waals surface area contributed by atoms with Gasteiger partial charge in [-0.3, -0.25) is 10.1 Å². The first-order chi connectivity index (χ1) is 12.4. The molecule has 1 amide bonds. The van der Waals surface area contributed by atoms with Gasteiger partial charge in [-0.2, -0.15) is 0 Å². The summed E-state index contributed by atoms with van der Waals surface area (Å²) in [6.07, 6.45) is 0. The molecule has 0 aliphatic carbocycles. The van der Waals surface area contributed by atoms with Gasteiger partial charge < -0.3 is 5.32 Å². The third kappa shape index (κ3) is 4.21. The molecule has 0 bridgehead atoms. The topological polar surface area (TPSA) is 41.1 Å². The number of fused-ring (bicyclic) bond motifs is 1. The van der Waals surface area contributed by atoms with Crippen molar-refractivity contribution < 1.29 is 9.18 Å². The Balaban J connectivity index is 1.67. The Kier molecular flexibility index (Phi) is 5.55. The molecule has 2 N–H and O–H groups in total. The summed E-state index contributed by atoms with van der Waals surface area (Å²) in [5.74, 6) is -0.862. The Morgan fingerprint density at radius 3 is 2.46 bits per heavy atom. The maximum Gasteiger partial charge on any atom is 0.241 e. The van der Waals surface area contributed by atoms with E-state index in [0.717, 1.165) is 10.9 Å². The largest absolute Gasteiger partial charge is 0.322 e. The lowest BCUT2D eigenvalue weighted by Gasteiger charge is -2.20. The lowest BCUT2D eigenvalue weighted by Crippen LogP contribution is -2.39. The van der Waals surface area contributed by atoms with Crippen LogP contribution in [0.4, 0.5) is 10.1 Å². The Labute approximate surface area is 157 Å². The molecule has 5 heteroatoms. The summed E-state index contributed by atoms with van der Waals surface area (Å²) in [4.78, 5) is 12.4. The molecule has 0 radical (unpaired) electrons. The smallest absolute Gasteiger partial charge is 0.241 e. The lowest BCUT2D eigenvalue weighted by atomic mass is 10.0. The van der Waals surface area contributed by atoms with Crippen molar-refractivity contribution in [2.75, 3.05) is 5.32 Å². The minimum Gasteiger partial charge on any atom is -0.322 e. The van der Waals surface area contributed by atoms with Crippen LogP contribution in [0.3, 0.4) is 0 Å². The van der Waals surface area contributed by atoms with E-state index in [1.807, 2.05) is 25.1 Å². The molecular weight excluding hydrogens is 351 g/mol. The van der Waals surface area contributed by atoms with Gasteiger partial charge in [0.2, 0.25) is 5.91 Å². The fourth-order valence-electron chi connectivity index (χ4n) is 2.86. The van der Waals surface area contributed by atoms with E-state index in [1.54, 1.807) is 6.92 Å². The number of nitrogens with one attached hydrogen (secondary N) is 2. The number of carbonyl (C=O) groups excluding carboxylic acids is 1. The maximum absolute atomic E-state index is 13.8. The molecule has 0 spiro atoms. The molecule has 0 aliphatic heterocycles. The van der Waals surface area contributed by atoms with Crippen molar-refractivity contribution in [1.29, 1.82) is 0 Å². The van der Waals surface area contributed by atoms with Crippen LogP contribution in [0.1, 0.15) is 25.5 Å². The van der Waals surface area contributed by atoms with Gasteiger partial charge >= 0.3 is 0 Å². The van der Waals surface area contributed by atoms with E-state index in [4.69, 9.17) is 11.6 Å². The van der Waals surface area contributed by atoms with Gasteiger partial charge in [0, 0.05) is 11.1 Å². The zero-order valence-electron chi connectivity index (χ0n) is 14.6. The number of anilines is 1. The van der Waals surface area contributed by atoms with Crippen molar-refractivity contribution in [2.45, 2.75) is 25.9 Å². The fraction of sp³-hybridized carbons (Fsp3) is 0.190. The molecule has 0 aromatic heterocycles. The monoisotopic (exact) mass is 370 g/mol. The molecule has 0 saturated heterocycles. The summed E-state index contributed by atoms with van der Waals surface area (Å²) in [6, 6.07) is 18.0. The number of rotatable bonds is 5. The molecule has 0 heterocycles. The van der Waals surface area contributed by atoms with Gasteiger partial charge in [0.05, 0.1) is 11.7 Å². The van der Waals surface area contributed by atoms with Gasteiger partial charge in [0.15, 0.2) is 0 Å². The van der Waals surface area contributed by atoms with Gasteiger partial charge in [-0.05, 0) is 54.4 Å². The molecule has 26 heavy (non-hydrogen) atoms. The van der Waals surface area contributed by atoms with Crippen LogP contribution in [0.25, 0.3) is 10.8 Å². The van der Waals surface area contributed by atoms with Gasteiger partial charge in [0.25, 0.3) is 0 Å². The van der Waals surface area contributed by atoms with Gasteiger partial charge in [-0.1, -0.05) is 48.0 Å². The quantitative estimate of drug-likeness (QED) is 0.639. The molecule has 2 atom stereocenters. The summed E-state index contributed by atoms with van der Waals surface area (Å²) in [5.41, 5.74) is 1.20. The fourth-order valence-corrected chi connectivity index (χ4v) is 3.01. The molecule has 0 unspecified atom stereocenters. The number of halogens is 2. The first kappa shape index (κ1) is 18.4. The lowest BCUT2D eigenvalue weighted by molar-refractivity contribution is -0.118. The summed E-state index contributed by atoms with van der Waals surface area (Å²) in [5, 5.41) is 8.45. The van der Waals surface area contributed by atoms with E-state index in [1.165, 1.54) is 23.6 Å². The van der Waals surface area contributed by atoms with Crippen LogP contribution < -0.4 is 10.6 Å². The maximum atomic E-state index is 13.8. The van der Waals surface area contributed by atoms with Crippen molar-refractivity contribution in [1.82, 2.24) is 5.32 Å². The Hall–Kier alpha value is -2.43. The van der Waals surface area contributed by atoms with E-state index in [-0.39, 0.29) is 22.7 Å². The van der Waals surface area contributed by atoms with Crippen LogP contribution >= 0.6 is 11.6 Å². The van der Waals surface area contributed by atoms with Gasteiger partial charge in [-0.15, -0.1) is 0 Å². The van der Waals surface area contributed by atoms with E-state index >= 15 is 0 Å². The molecule has 3 aromatic carbocycles. The zero-order valence-corrected chi connectivity index (χ0v) is 15.3. The Morgan fingerprint density at radius 2 is 1.73 bits per heavy atom. The molecular formula is C21H20ClFN2O. The number of benzene rings is 3. The van der Waals surface area contributed by atoms with Crippen LogP contribution in [-0.4, -0.2) is 11.9 Å². The third-order valence-corrected chi connectivity index (χ3v) is 4.59. The highest BCUT2D eigenvalue weighted by Gasteiger charge is 2.18. The molecule has 3 rings (SSSR count). The first-order valence-electron chi connectivity index (χ1n) is 8.44. The molecule has 134 valence electrons. The highest BCUT2D eigenvalue weighted by molar-refractivity contribution is 6.30. The molecule has 0 fully saturated rings. The van der Waals surface area contributed by atoms with Crippen LogP contribution in [0.15, 0.2) is 60.7 Å². The zero-order chi connectivity index (χ0) is 18.7. The average Bonchev–Trinajstić information content (AvgIpc) is 2.63. The number of hydrogen-bond acceptors (Lipinski definition) is 2. The van der Waals surface area contributed by atoms with Crippen LogP contribution in [-0.2, 0) is 4.79 Å². The second kappa shape index (κ2) is 7.85. The summed E-state index contributed by atoms with van der Waals surface area (Å²) < 4.78 is 13.8. The van der Waals surface area contributed by atoms with Crippen molar-refractivity contribution in [3.63, 3.8) is 0 Å². The number of carbonyl (C=O) groups is 1. The van der Waals surface area contributed by atoms with E-state index in [2.05, 4.69) is 34.9 Å².